The summed E-state index contributed by atoms with van der Waals surface area (Å²) in [6.07, 6.45) is 0. The maximum atomic E-state index is 8.91. The zero-order valence-electron chi connectivity index (χ0n) is 31.7. The highest BCUT2D eigenvalue weighted by atomic mass is 32.1. The number of furan rings is 1. The number of thiophene rings is 1. The van der Waals surface area contributed by atoms with Crippen molar-refractivity contribution in [2.75, 3.05) is 4.90 Å². The van der Waals surface area contributed by atoms with Crippen molar-refractivity contribution < 1.29 is 7.16 Å². The van der Waals surface area contributed by atoms with Crippen molar-refractivity contribution >= 4 is 81.3 Å². The van der Waals surface area contributed by atoms with E-state index in [9.17, 15) is 0 Å². The molecule has 0 N–H and O–H groups in total. The molecule has 0 unspecified atom stereocenters. The van der Waals surface area contributed by atoms with Gasteiger partial charge in [-0.05, 0) is 105 Å². The number of fused-ring (bicyclic) bond motifs is 7. The second kappa shape index (κ2) is 12.9. The van der Waals surface area contributed by atoms with Gasteiger partial charge < -0.3 is 9.32 Å². The molecule has 2 nitrogen and oxygen atoms in total. The van der Waals surface area contributed by atoms with E-state index >= 15 is 0 Å². The molecule has 0 amide bonds. The summed E-state index contributed by atoms with van der Waals surface area (Å²) in [7, 11) is 0. The van der Waals surface area contributed by atoms with E-state index in [4.69, 9.17) is 7.16 Å². The van der Waals surface area contributed by atoms with E-state index < -0.39 is 0 Å². The van der Waals surface area contributed by atoms with E-state index in [-0.39, 0.29) is 0 Å². The predicted octanol–water partition coefficient (Wildman–Crippen LogP) is 15.6. The highest BCUT2D eigenvalue weighted by Gasteiger charge is 2.17. The van der Waals surface area contributed by atoms with Crippen LogP contribution < -0.4 is 4.90 Å². The molecule has 3 heteroatoms. The molecule has 9 aromatic carbocycles. The third-order valence-electron chi connectivity index (χ3n) is 10.7. The average molecular weight is 722 g/mol. The van der Waals surface area contributed by atoms with Gasteiger partial charge in [-0.2, -0.15) is 0 Å². The lowest BCUT2D eigenvalue weighted by atomic mass is 9.98. The normalized spacial score (nSPS) is 12.1. The van der Waals surface area contributed by atoms with Crippen LogP contribution in [0.3, 0.4) is 0 Å². The summed E-state index contributed by atoms with van der Waals surface area (Å²) in [5.41, 5.74) is 10.8. The van der Waals surface area contributed by atoms with Crippen molar-refractivity contribution in [2.24, 2.45) is 0 Å². The molecule has 0 radical (unpaired) electrons. The molecule has 258 valence electrons. The van der Waals surface area contributed by atoms with Crippen molar-refractivity contribution in [3.8, 4) is 33.4 Å². The molecular weight excluding hydrogens is 687 g/mol. The molecule has 0 saturated carbocycles. The SMILES string of the molecule is [2H]c1cccc2c1oc1c([2H])cc(-c3cccc(N(c4ccc(-c5cccc6ccccc56)cc4)c4ccc(-c5cccc6c5sc5ccccc56)cc4)c3)cc12. The van der Waals surface area contributed by atoms with Gasteiger partial charge in [-0.25, -0.2) is 0 Å². The van der Waals surface area contributed by atoms with Crippen molar-refractivity contribution in [1.82, 2.24) is 0 Å². The Hall–Kier alpha value is -6.94. The van der Waals surface area contributed by atoms with Gasteiger partial charge in [0.05, 0.1) is 2.74 Å². The number of para-hydroxylation sites is 1. The van der Waals surface area contributed by atoms with Gasteiger partial charge in [0.15, 0.2) is 0 Å². The van der Waals surface area contributed by atoms with Crippen LogP contribution in [0.15, 0.2) is 205 Å². The van der Waals surface area contributed by atoms with Crippen LogP contribution in [-0.4, -0.2) is 0 Å². The minimum absolute atomic E-state index is 0.300. The monoisotopic (exact) mass is 721 g/mol. The lowest BCUT2D eigenvalue weighted by Gasteiger charge is -2.26. The van der Waals surface area contributed by atoms with Gasteiger partial charge >= 0.3 is 0 Å². The highest BCUT2D eigenvalue weighted by Crippen LogP contribution is 2.43. The molecule has 11 aromatic rings. The second-order valence-corrected chi connectivity index (χ2v) is 15.0. The first-order chi connectivity index (χ1) is 28.1. The first kappa shape index (κ1) is 29.5. The Morgan fingerprint density at radius 2 is 1.02 bits per heavy atom. The van der Waals surface area contributed by atoms with Crippen molar-refractivity contribution in [1.29, 1.82) is 0 Å². The van der Waals surface area contributed by atoms with Crippen molar-refractivity contribution in [3.05, 3.63) is 200 Å². The summed E-state index contributed by atoms with van der Waals surface area (Å²) >= 11 is 1.85. The van der Waals surface area contributed by atoms with Gasteiger partial charge in [-0.1, -0.05) is 140 Å². The van der Waals surface area contributed by atoms with Crippen LogP contribution in [-0.2, 0) is 0 Å². The van der Waals surface area contributed by atoms with Gasteiger partial charge in [0.25, 0.3) is 0 Å². The number of hydrogen-bond donors (Lipinski definition) is 0. The van der Waals surface area contributed by atoms with E-state index in [2.05, 4.69) is 169 Å². The fourth-order valence-electron chi connectivity index (χ4n) is 8.06. The number of hydrogen-bond acceptors (Lipinski definition) is 3. The molecule has 0 aliphatic carbocycles. The predicted molar refractivity (Wildman–Crippen MR) is 235 cm³/mol. The van der Waals surface area contributed by atoms with Crippen LogP contribution in [0.25, 0.3) is 86.3 Å². The summed E-state index contributed by atoms with van der Waals surface area (Å²) < 4.78 is 25.9. The number of nitrogens with zero attached hydrogens (tertiary/aromatic N) is 1. The summed E-state index contributed by atoms with van der Waals surface area (Å²) in [5, 5.41) is 6.74. The van der Waals surface area contributed by atoms with Gasteiger partial charge in [0, 0.05) is 48.0 Å². The van der Waals surface area contributed by atoms with Gasteiger partial charge in [0.2, 0.25) is 0 Å². The van der Waals surface area contributed by atoms with E-state index in [1.54, 1.807) is 6.07 Å². The Morgan fingerprint density at radius 1 is 0.400 bits per heavy atom. The maximum absolute atomic E-state index is 8.91. The fourth-order valence-corrected chi connectivity index (χ4v) is 9.30. The van der Waals surface area contributed by atoms with Gasteiger partial charge in [-0.3, -0.25) is 0 Å². The zero-order valence-corrected chi connectivity index (χ0v) is 30.5. The Bertz CT molecular complexity index is 3320. The van der Waals surface area contributed by atoms with Crippen LogP contribution in [0.5, 0.6) is 0 Å². The fraction of sp³-hybridized carbons (Fsp3) is 0. The lowest BCUT2D eigenvalue weighted by molar-refractivity contribution is 0.669. The van der Waals surface area contributed by atoms with Crippen molar-refractivity contribution in [3.63, 3.8) is 0 Å². The van der Waals surface area contributed by atoms with Crippen LogP contribution >= 0.6 is 11.3 Å². The molecule has 0 bridgehead atoms. The van der Waals surface area contributed by atoms with Crippen LogP contribution in [0.2, 0.25) is 0 Å². The molecule has 0 fully saturated rings. The molecule has 0 aliphatic rings. The van der Waals surface area contributed by atoms with E-state index in [0.717, 1.165) is 44.5 Å². The van der Waals surface area contributed by atoms with E-state index in [0.29, 0.717) is 23.3 Å². The molecule has 11 rings (SSSR count). The summed E-state index contributed by atoms with van der Waals surface area (Å²) in [6, 6.07) is 66.7. The Labute approximate surface area is 325 Å². The quantitative estimate of drug-likeness (QED) is 0.170. The Kier molecular flexibility index (Phi) is 6.91. The first-order valence-corrected chi connectivity index (χ1v) is 19.3. The standard InChI is InChI=1S/C52H33NOS/c1-2-14-42-34(10-1)11-8-17-43(42)35-22-27-39(28-23-35)53(40-29-24-36(25-30-40)44-18-9-19-47-46-16-4-6-21-51(46)55-52(44)47)41-13-7-12-37(32-41)38-26-31-50-48(33-38)45-15-3-5-20-49(45)54-50/h1-33H/i20D,31D. The van der Waals surface area contributed by atoms with Crippen LogP contribution in [0.4, 0.5) is 17.1 Å². The van der Waals surface area contributed by atoms with Crippen LogP contribution in [0, 0.1) is 0 Å². The molecule has 0 saturated heterocycles. The summed E-state index contributed by atoms with van der Waals surface area (Å²) in [4.78, 5) is 2.31. The zero-order chi connectivity index (χ0) is 38.0. The molecule has 0 aliphatic heterocycles. The molecule has 0 spiro atoms. The van der Waals surface area contributed by atoms with Gasteiger partial charge in [-0.15, -0.1) is 11.3 Å². The third-order valence-corrected chi connectivity index (χ3v) is 11.9. The summed E-state index contributed by atoms with van der Waals surface area (Å²) in [6.45, 7) is 0. The third kappa shape index (κ3) is 5.40. The molecule has 55 heavy (non-hydrogen) atoms. The maximum Gasteiger partial charge on any atom is 0.135 e. The molecule has 2 aromatic heterocycles. The van der Waals surface area contributed by atoms with E-state index in [1.807, 2.05) is 29.5 Å². The smallest absolute Gasteiger partial charge is 0.135 e. The number of rotatable bonds is 6. The average Bonchev–Trinajstić information content (AvgIpc) is 3.84. The van der Waals surface area contributed by atoms with Crippen molar-refractivity contribution in [2.45, 2.75) is 0 Å². The Morgan fingerprint density at radius 3 is 1.87 bits per heavy atom. The topological polar surface area (TPSA) is 16.4 Å². The minimum Gasteiger partial charge on any atom is -0.456 e. The second-order valence-electron chi connectivity index (χ2n) is 13.9. The summed E-state index contributed by atoms with van der Waals surface area (Å²) in [5.74, 6) is 0. The first-order valence-electron chi connectivity index (χ1n) is 19.5. The highest BCUT2D eigenvalue weighted by molar-refractivity contribution is 7.26. The van der Waals surface area contributed by atoms with Gasteiger partial charge in [0.1, 0.15) is 11.2 Å². The molecular formula is C52H33NOS. The minimum atomic E-state index is 0.300. The number of benzene rings is 9. The molecule has 0 atom stereocenters. The molecule has 2 heterocycles. The Balaban J connectivity index is 1.03. The van der Waals surface area contributed by atoms with E-state index in [1.165, 1.54) is 47.6 Å². The van der Waals surface area contributed by atoms with Crippen LogP contribution in [0.1, 0.15) is 2.74 Å². The lowest BCUT2D eigenvalue weighted by Crippen LogP contribution is -2.10. The number of anilines is 3. The largest absolute Gasteiger partial charge is 0.456 e.